The summed E-state index contributed by atoms with van der Waals surface area (Å²) < 4.78 is 28.5. The van der Waals surface area contributed by atoms with E-state index in [1.165, 1.54) is 32.5 Å². The number of anilines is 1. The molecule has 1 aliphatic heterocycles. The number of carbonyl (C=O) groups is 1. The van der Waals surface area contributed by atoms with E-state index in [9.17, 15) is 13.2 Å². The van der Waals surface area contributed by atoms with Crippen molar-refractivity contribution < 1.29 is 13.2 Å². The van der Waals surface area contributed by atoms with Crippen LogP contribution in [0.3, 0.4) is 0 Å². The SMILES string of the molecule is Cn1cc(S(=O)(=O)N2CCCC2)cc1C(=O)Nc1ncc(Cc2cc(Cl)ccc2Cl)s1. The van der Waals surface area contributed by atoms with Crippen LogP contribution in [-0.2, 0) is 23.5 Å². The van der Waals surface area contributed by atoms with Crippen molar-refractivity contribution in [1.82, 2.24) is 13.9 Å². The first-order valence-electron chi connectivity index (χ1n) is 9.60. The molecular formula is C20H20Cl2N4O3S2. The first kappa shape index (κ1) is 22.3. The number of benzene rings is 1. The quantitative estimate of drug-likeness (QED) is 0.545. The summed E-state index contributed by atoms with van der Waals surface area (Å²) in [5, 5.41) is 4.37. The van der Waals surface area contributed by atoms with Gasteiger partial charge in [-0.1, -0.05) is 23.2 Å². The number of nitrogens with one attached hydrogen (secondary N) is 1. The van der Waals surface area contributed by atoms with Gasteiger partial charge < -0.3 is 4.57 Å². The van der Waals surface area contributed by atoms with E-state index < -0.39 is 15.9 Å². The standard InChI is InChI=1S/C20H20Cl2N4O3S2/c1-25-12-16(31(28,29)26-6-2-3-7-26)10-18(25)19(27)24-20-23-11-15(30-20)9-13-8-14(21)4-5-17(13)22/h4-5,8,10-12H,2-3,6-7,9H2,1H3,(H,23,24,27). The van der Waals surface area contributed by atoms with Gasteiger partial charge in [-0.05, 0) is 42.7 Å². The lowest BCUT2D eigenvalue weighted by Gasteiger charge is -2.13. The largest absolute Gasteiger partial charge is 0.345 e. The summed E-state index contributed by atoms with van der Waals surface area (Å²) in [5.74, 6) is -0.424. The van der Waals surface area contributed by atoms with E-state index >= 15 is 0 Å². The Bertz CT molecular complexity index is 1230. The van der Waals surface area contributed by atoms with Gasteiger partial charge in [-0.15, -0.1) is 11.3 Å². The van der Waals surface area contributed by atoms with Crippen molar-refractivity contribution in [2.45, 2.75) is 24.2 Å². The smallest absolute Gasteiger partial charge is 0.274 e. The number of amides is 1. The molecule has 3 heterocycles. The number of halogens is 2. The molecule has 0 saturated carbocycles. The predicted molar refractivity (Wildman–Crippen MR) is 123 cm³/mol. The van der Waals surface area contributed by atoms with Crippen LogP contribution < -0.4 is 5.32 Å². The van der Waals surface area contributed by atoms with Gasteiger partial charge in [0.25, 0.3) is 5.91 Å². The average Bonchev–Trinajstić information content (AvgIpc) is 3.46. The Kier molecular flexibility index (Phi) is 6.41. The van der Waals surface area contributed by atoms with Gasteiger partial charge in [-0.3, -0.25) is 10.1 Å². The molecule has 1 saturated heterocycles. The van der Waals surface area contributed by atoms with Crippen molar-refractivity contribution in [3.8, 4) is 0 Å². The molecule has 0 bridgehead atoms. The van der Waals surface area contributed by atoms with Gasteiger partial charge in [0.15, 0.2) is 5.13 Å². The number of hydrogen-bond donors (Lipinski definition) is 1. The van der Waals surface area contributed by atoms with E-state index in [0.717, 1.165) is 23.3 Å². The summed E-state index contributed by atoms with van der Waals surface area (Å²) in [6, 6.07) is 6.67. The number of carbonyl (C=O) groups excluding carboxylic acids is 1. The van der Waals surface area contributed by atoms with Crippen molar-refractivity contribution in [2.24, 2.45) is 7.05 Å². The molecule has 0 spiro atoms. The maximum Gasteiger partial charge on any atom is 0.274 e. The van der Waals surface area contributed by atoms with Crippen molar-refractivity contribution in [1.29, 1.82) is 0 Å². The van der Waals surface area contributed by atoms with Crippen molar-refractivity contribution in [3.63, 3.8) is 0 Å². The minimum atomic E-state index is -3.59. The van der Waals surface area contributed by atoms with Crippen LogP contribution in [0.4, 0.5) is 5.13 Å². The molecule has 1 aliphatic rings. The summed E-state index contributed by atoms with van der Waals surface area (Å²) in [4.78, 5) is 18.0. The average molecular weight is 499 g/mol. The van der Waals surface area contributed by atoms with Gasteiger partial charge in [0.2, 0.25) is 10.0 Å². The maximum absolute atomic E-state index is 12.8. The monoisotopic (exact) mass is 498 g/mol. The Balaban J connectivity index is 1.48. The van der Waals surface area contributed by atoms with E-state index in [1.807, 2.05) is 0 Å². The summed E-state index contributed by atoms with van der Waals surface area (Å²) >= 11 is 13.6. The van der Waals surface area contributed by atoms with Crippen molar-refractivity contribution in [3.05, 3.63) is 62.8 Å². The van der Waals surface area contributed by atoms with Crippen LogP contribution in [0.25, 0.3) is 0 Å². The number of thiazole rings is 1. The second-order valence-electron chi connectivity index (χ2n) is 7.28. The fourth-order valence-corrected chi connectivity index (χ4v) is 6.25. The summed E-state index contributed by atoms with van der Waals surface area (Å²) in [7, 11) is -1.94. The molecule has 1 aromatic carbocycles. The van der Waals surface area contributed by atoms with Crippen LogP contribution in [0.5, 0.6) is 0 Å². The van der Waals surface area contributed by atoms with Crippen LogP contribution in [0.15, 0.2) is 41.6 Å². The lowest BCUT2D eigenvalue weighted by Crippen LogP contribution is -2.27. The molecule has 7 nitrogen and oxygen atoms in total. The molecule has 2 aromatic heterocycles. The van der Waals surface area contributed by atoms with Crippen LogP contribution >= 0.6 is 34.5 Å². The van der Waals surface area contributed by atoms with Gasteiger partial charge in [0.1, 0.15) is 10.6 Å². The highest BCUT2D eigenvalue weighted by atomic mass is 35.5. The third-order valence-corrected chi connectivity index (χ3v) is 8.44. The zero-order chi connectivity index (χ0) is 22.2. The number of sulfonamides is 1. The normalized spacial score (nSPS) is 14.8. The predicted octanol–water partition coefficient (Wildman–Crippen LogP) is 4.42. The fourth-order valence-electron chi connectivity index (χ4n) is 3.45. The van der Waals surface area contributed by atoms with Crippen molar-refractivity contribution in [2.75, 3.05) is 18.4 Å². The third kappa shape index (κ3) is 4.80. The number of nitrogens with zero attached hydrogens (tertiary/aromatic N) is 3. The highest BCUT2D eigenvalue weighted by molar-refractivity contribution is 7.89. The molecule has 0 radical (unpaired) electrons. The number of hydrogen-bond acceptors (Lipinski definition) is 5. The van der Waals surface area contributed by atoms with Crippen molar-refractivity contribution >= 4 is 55.6 Å². The van der Waals surface area contributed by atoms with Gasteiger partial charge in [0, 0.05) is 53.9 Å². The molecule has 4 rings (SSSR count). The molecule has 164 valence electrons. The lowest BCUT2D eigenvalue weighted by molar-refractivity contribution is 0.101. The minimum Gasteiger partial charge on any atom is -0.345 e. The van der Waals surface area contributed by atoms with Gasteiger partial charge >= 0.3 is 0 Å². The number of aryl methyl sites for hydroxylation is 1. The first-order valence-corrected chi connectivity index (χ1v) is 12.6. The van der Waals surface area contributed by atoms with Crippen LogP contribution in [0.2, 0.25) is 10.0 Å². The number of rotatable bonds is 6. The molecule has 0 atom stereocenters. The Morgan fingerprint density at radius 3 is 2.71 bits per heavy atom. The van der Waals surface area contributed by atoms with E-state index in [4.69, 9.17) is 23.2 Å². The first-order chi connectivity index (χ1) is 14.7. The van der Waals surface area contributed by atoms with Gasteiger partial charge in [-0.2, -0.15) is 4.31 Å². The zero-order valence-corrected chi connectivity index (χ0v) is 19.8. The molecular weight excluding hydrogens is 479 g/mol. The summed E-state index contributed by atoms with van der Waals surface area (Å²) in [5.41, 5.74) is 1.11. The zero-order valence-electron chi connectivity index (χ0n) is 16.6. The van der Waals surface area contributed by atoms with Gasteiger partial charge in [0.05, 0.1) is 0 Å². The van der Waals surface area contributed by atoms with E-state index in [-0.39, 0.29) is 10.6 Å². The van der Waals surface area contributed by atoms with Crippen LogP contribution in [0, 0.1) is 0 Å². The highest BCUT2D eigenvalue weighted by Gasteiger charge is 2.29. The fraction of sp³-hybridized carbons (Fsp3) is 0.300. The molecule has 3 aromatic rings. The van der Waals surface area contributed by atoms with E-state index in [1.54, 1.807) is 31.4 Å². The Morgan fingerprint density at radius 2 is 1.97 bits per heavy atom. The lowest BCUT2D eigenvalue weighted by atomic mass is 10.1. The highest BCUT2D eigenvalue weighted by Crippen LogP contribution is 2.28. The van der Waals surface area contributed by atoms with E-state index in [0.29, 0.717) is 34.7 Å². The second kappa shape index (κ2) is 8.91. The second-order valence-corrected chi connectivity index (χ2v) is 11.2. The topological polar surface area (TPSA) is 84.3 Å². The molecule has 1 N–H and O–H groups in total. The van der Waals surface area contributed by atoms with Crippen LogP contribution in [-0.4, -0.2) is 41.3 Å². The maximum atomic E-state index is 12.8. The summed E-state index contributed by atoms with van der Waals surface area (Å²) in [6.07, 6.45) is 5.39. The molecule has 0 aliphatic carbocycles. The molecule has 1 fully saturated rings. The molecule has 1 amide bonds. The minimum absolute atomic E-state index is 0.123. The molecule has 0 unspecified atom stereocenters. The third-order valence-electron chi connectivity index (χ3n) is 5.06. The Hall–Kier alpha value is -1.91. The molecule has 11 heteroatoms. The van der Waals surface area contributed by atoms with Gasteiger partial charge in [-0.25, -0.2) is 13.4 Å². The Labute approximate surface area is 194 Å². The summed E-state index contributed by atoms with van der Waals surface area (Å²) in [6.45, 7) is 1.02. The number of aromatic nitrogens is 2. The molecule has 31 heavy (non-hydrogen) atoms. The van der Waals surface area contributed by atoms with Crippen LogP contribution in [0.1, 0.15) is 33.8 Å². The van der Waals surface area contributed by atoms with E-state index in [2.05, 4.69) is 10.3 Å². The Morgan fingerprint density at radius 1 is 1.23 bits per heavy atom.